The fourth-order valence-corrected chi connectivity index (χ4v) is 1.13. The Morgan fingerprint density at radius 2 is 2.25 bits per heavy atom. The van der Waals surface area contributed by atoms with E-state index in [1.807, 2.05) is 0 Å². The van der Waals surface area contributed by atoms with Crippen LogP contribution in [0.2, 0.25) is 0 Å². The zero-order chi connectivity index (χ0) is 9.14. The van der Waals surface area contributed by atoms with Crippen molar-refractivity contribution in [3.63, 3.8) is 0 Å². The van der Waals surface area contributed by atoms with Gasteiger partial charge in [0.25, 0.3) is 0 Å². The second kappa shape index (κ2) is 3.72. The molecule has 0 aliphatic heterocycles. The van der Waals surface area contributed by atoms with Gasteiger partial charge in [0.1, 0.15) is 0 Å². The van der Waals surface area contributed by atoms with E-state index in [-0.39, 0.29) is 5.75 Å². The monoisotopic (exact) mass is 230 g/mol. The van der Waals surface area contributed by atoms with Gasteiger partial charge in [0, 0.05) is 5.33 Å². The molecule has 0 amide bonds. The van der Waals surface area contributed by atoms with Crippen LogP contribution in [0, 0.1) is 5.82 Å². The number of hydrogen-bond acceptors (Lipinski definition) is 1. The van der Waals surface area contributed by atoms with Crippen molar-refractivity contribution in [3.05, 3.63) is 36.2 Å². The largest absolute Gasteiger partial charge is 0.505 e. The zero-order valence-corrected chi connectivity index (χ0v) is 7.94. The Kier molecular flexibility index (Phi) is 2.87. The van der Waals surface area contributed by atoms with Crippen LogP contribution in [0.1, 0.15) is 5.56 Å². The van der Waals surface area contributed by atoms with Gasteiger partial charge in [-0.3, -0.25) is 0 Å². The summed E-state index contributed by atoms with van der Waals surface area (Å²) in [4.78, 5) is 0. The van der Waals surface area contributed by atoms with Crippen LogP contribution in [-0.4, -0.2) is 10.4 Å². The molecule has 1 aromatic rings. The molecule has 0 atom stereocenters. The van der Waals surface area contributed by atoms with E-state index in [2.05, 4.69) is 22.5 Å². The molecule has 0 heterocycles. The van der Waals surface area contributed by atoms with Gasteiger partial charge >= 0.3 is 0 Å². The minimum atomic E-state index is -0.616. The van der Waals surface area contributed by atoms with Crippen molar-refractivity contribution in [3.8, 4) is 5.75 Å². The SMILES string of the molecule is C=C(CBr)c1ccc(O)c(F)c1. The predicted octanol–water partition coefficient (Wildman–Crippen LogP) is 2.94. The minimum absolute atomic E-state index is 0.332. The number of phenols is 1. The van der Waals surface area contributed by atoms with Crippen LogP contribution in [0.3, 0.4) is 0 Å². The molecule has 12 heavy (non-hydrogen) atoms. The van der Waals surface area contributed by atoms with Crippen LogP contribution < -0.4 is 0 Å². The van der Waals surface area contributed by atoms with Gasteiger partial charge in [-0.05, 0) is 23.3 Å². The summed E-state index contributed by atoms with van der Waals surface area (Å²) in [5.74, 6) is -0.948. The smallest absolute Gasteiger partial charge is 0.165 e. The highest BCUT2D eigenvalue weighted by Gasteiger charge is 2.02. The standard InChI is InChI=1S/C9H8BrFO/c1-6(5-10)7-2-3-9(12)8(11)4-7/h2-4,12H,1,5H2. The Labute approximate surface area is 78.7 Å². The average Bonchev–Trinajstić information content (AvgIpc) is 2.08. The van der Waals surface area contributed by atoms with E-state index in [9.17, 15) is 4.39 Å². The van der Waals surface area contributed by atoms with Crippen molar-refractivity contribution >= 4 is 21.5 Å². The summed E-state index contributed by atoms with van der Waals surface area (Å²) < 4.78 is 12.8. The number of benzene rings is 1. The second-order valence-electron chi connectivity index (χ2n) is 2.40. The molecule has 1 N–H and O–H groups in total. The molecule has 64 valence electrons. The number of rotatable bonds is 2. The van der Waals surface area contributed by atoms with E-state index >= 15 is 0 Å². The predicted molar refractivity (Wildman–Crippen MR) is 50.9 cm³/mol. The van der Waals surface area contributed by atoms with Gasteiger partial charge in [-0.1, -0.05) is 28.6 Å². The Morgan fingerprint density at radius 1 is 1.58 bits per heavy atom. The van der Waals surface area contributed by atoms with E-state index < -0.39 is 5.82 Å². The fourth-order valence-electron chi connectivity index (χ4n) is 0.804. The van der Waals surface area contributed by atoms with Crippen LogP contribution in [0.4, 0.5) is 4.39 Å². The van der Waals surface area contributed by atoms with Crippen LogP contribution in [0.15, 0.2) is 24.8 Å². The van der Waals surface area contributed by atoms with Crippen molar-refractivity contribution in [1.82, 2.24) is 0 Å². The van der Waals surface area contributed by atoms with Crippen LogP contribution in [-0.2, 0) is 0 Å². The molecule has 0 spiro atoms. The lowest BCUT2D eigenvalue weighted by atomic mass is 10.1. The summed E-state index contributed by atoms with van der Waals surface area (Å²) in [6.07, 6.45) is 0. The summed E-state index contributed by atoms with van der Waals surface area (Å²) in [6.45, 7) is 3.72. The van der Waals surface area contributed by atoms with Crippen molar-refractivity contribution in [1.29, 1.82) is 0 Å². The average molecular weight is 231 g/mol. The van der Waals surface area contributed by atoms with E-state index in [0.29, 0.717) is 10.9 Å². The number of hydrogen-bond donors (Lipinski definition) is 1. The molecule has 1 rings (SSSR count). The van der Waals surface area contributed by atoms with Gasteiger partial charge in [0.2, 0.25) is 0 Å². The van der Waals surface area contributed by atoms with Crippen LogP contribution in [0.5, 0.6) is 5.75 Å². The van der Waals surface area contributed by atoms with E-state index in [1.165, 1.54) is 12.1 Å². The lowest BCUT2D eigenvalue weighted by Crippen LogP contribution is -1.85. The normalized spacial score (nSPS) is 9.83. The Morgan fingerprint density at radius 3 is 2.75 bits per heavy atom. The topological polar surface area (TPSA) is 20.2 Å². The first kappa shape index (κ1) is 9.26. The van der Waals surface area contributed by atoms with Gasteiger partial charge in [0.05, 0.1) is 0 Å². The summed E-state index contributed by atoms with van der Waals surface area (Å²) in [5, 5.41) is 9.48. The maximum atomic E-state index is 12.8. The van der Waals surface area contributed by atoms with E-state index in [1.54, 1.807) is 6.07 Å². The van der Waals surface area contributed by atoms with Crippen LogP contribution in [0.25, 0.3) is 5.57 Å². The Bertz CT molecular complexity index is 309. The van der Waals surface area contributed by atoms with E-state index in [0.717, 1.165) is 5.57 Å². The third-order valence-corrected chi connectivity index (χ3v) is 2.19. The zero-order valence-electron chi connectivity index (χ0n) is 6.35. The maximum absolute atomic E-state index is 12.8. The van der Waals surface area contributed by atoms with Gasteiger partial charge in [0.15, 0.2) is 11.6 Å². The quantitative estimate of drug-likeness (QED) is 0.776. The van der Waals surface area contributed by atoms with Crippen molar-refractivity contribution < 1.29 is 9.50 Å². The lowest BCUT2D eigenvalue weighted by molar-refractivity contribution is 0.432. The third kappa shape index (κ3) is 1.85. The maximum Gasteiger partial charge on any atom is 0.165 e. The second-order valence-corrected chi connectivity index (χ2v) is 2.96. The molecule has 0 saturated heterocycles. The molecular formula is C9H8BrFO. The van der Waals surface area contributed by atoms with Gasteiger partial charge in [-0.15, -0.1) is 0 Å². The highest BCUT2D eigenvalue weighted by molar-refractivity contribution is 9.09. The molecule has 0 fully saturated rings. The Hall–Kier alpha value is -0.830. The molecule has 1 aromatic carbocycles. The molecule has 0 saturated carbocycles. The first-order chi connectivity index (χ1) is 5.65. The van der Waals surface area contributed by atoms with E-state index in [4.69, 9.17) is 5.11 Å². The van der Waals surface area contributed by atoms with Crippen LogP contribution >= 0.6 is 15.9 Å². The molecule has 0 aliphatic carbocycles. The summed E-state index contributed by atoms with van der Waals surface area (Å²) in [5.41, 5.74) is 1.48. The third-order valence-electron chi connectivity index (χ3n) is 1.52. The lowest BCUT2D eigenvalue weighted by Gasteiger charge is -2.02. The number of aromatic hydroxyl groups is 1. The Balaban J connectivity index is 3.05. The molecule has 0 radical (unpaired) electrons. The summed E-state index contributed by atoms with van der Waals surface area (Å²) in [6, 6.07) is 4.21. The van der Waals surface area contributed by atoms with Crippen molar-refractivity contribution in [2.75, 3.05) is 5.33 Å². The fraction of sp³-hybridized carbons (Fsp3) is 0.111. The molecule has 0 aliphatic rings. The molecule has 0 unspecified atom stereocenters. The summed E-state index contributed by atoms with van der Waals surface area (Å²) >= 11 is 3.21. The minimum Gasteiger partial charge on any atom is -0.505 e. The highest BCUT2D eigenvalue weighted by Crippen LogP contribution is 2.21. The first-order valence-corrected chi connectivity index (χ1v) is 4.50. The van der Waals surface area contributed by atoms with Gasteiger partial charge < -0.3 is 5.11 Å². The molecule has 3 heteroatoms. The van der Waals surface area contributed by atoms with Crippen molar-refractivity contribution in [2.24, 2.45) is 0 Å². The molecule has 0 bridgehead atoms. The number of halogens is 2. The van der Waals surface area contributed by atoms with Gasteiger partial charge in [-0.25, -0.2) is 4.39 Å². The summed E-state index contributed by atoms with van der Waals surface area (Å²) in [7, 11) is 0. The molecule has 0 aromatic heterocycles. The number of allylic oxidation sites excluding steroid dienone is 1. The molecule has 1 nitrogen and oxygen atoms in total. The van der Waals surface area contributed by atoms with Gasteiger partial charge in [-0.2, -0.15) is 0 Å². The number of phenolic OH excluding ortho intramolecular Hbond substituents is 1. The highest BCUT2D eigenvalue weighted by atomic mass is 79.9. The van der Waals surface area contributed by atoms with Crippen molar-refractivity contribution in [2.45, 2.75) is 0 Å². The number of alkyl halides is 1. The molecular weight excluding hydrogens is 223 g/mol. The first-order valence-electron chi connectivity index (χ1n) is 3.37.